The van der Waals surface area contributed by atoms with Crippen LogP contribution in [0.25, 0.3) is 0 Å². The van der Waals surface area contributed by atoms with E-state index in [1.165, 1.54) is 29.2 Å². The Morgan fingerprint density at radius 2 is 1.51 bits per heavy atom. The molecule has 0 saturated carbocycles. The molecule has 0 saturated heterocycles. The van der Waals surface area contributed by atoms with Crippen LogP contribution in [0.5, 0.6) is 0 Å². The zero-order valence-corrected chi connectivity index (χ0v) is 26.3. The average Bonchev–Trinajstić information content (AvgIpc) is 2.94. The Kier molecular flexibility index (Phi) is 11.9. The quantitative estimate of drug-likeness (QED) is 0.207. The molecule has 0 bridgehead atoms. The number of sulfonamides is 1. The molecule has 1 atom stereocenters. The summed E-state index contributed by atoms with van der Waals surface area (Å²) in [6.07, 6.45) is 1.97. The van der Waals surface area contributed by atoms with E-state index in [-0.39, 0.29) is 17.3 Å². The van der Waals surface area contributed by atoms with Crippen molar-refractivity contribution in [3.05, 3.63) is 92.9 Å². The van der Waals surface area contributed by atoms with Crippen LogP contribution in [0.1, 0.15) is 44.2 Å². The van der Waals surface area contributed by atoms with Gasteiger partial charge in [0.1, 0.15) is 12.6 Å². The lowest BCUT2D eigenvalue weighted by molar-refractivity contribution is -0.140. The smallest absolute Gasteiger partial charge is 0.264 e. The molecule has 41 heavy (non-hydrogen) atoms. The van der Waals surface area contributed by atoms with Gasteiger partial charge < -0.3 is 10.2 Å². The van der Waals surface area contributed by atoms with Gasteiger partial charge in [-0.3, -0.25) is 13.9 Å². The Balaban J connectivity index is 2.07. The average molecular weight is 639 g/mol. The van der Waals surface area contributed by atoms with E-state index < -0.39 is 28.5 Å². The Morgan fingerprint density at radius 3 is 2.07 bits per heavy atom. The Bertz CT molecular complexity index is 1430. The molecule has 220 valence electrons. The van der Waals surface area contributed by atoms with Crippen LogP contribution in [0.3, 0.4) is 0 Å². The molecule has 0 aromatic heterocycles. The number of nitrogens with one attached hydrogen (secondary N) is 1. The molecular formula is C30H34Cl3N3O4S. The molecule has 0 spiro atoms. The van der Waals surface area contributed by atoms with Crippen LogP contribution in [0.4, 0.5) is 5.69 Å². The van der Waals surface area contributed by atoms with Crippen LogP contribution in [-0.4, -0.2) is 44.3 Å². The number of rotatable bonds is 13. The van der Waals surface area contributed by atoms with Crippen molar-refractivity contribution in [1.29, 1.82) is 0 Å². The minimum atomic E-state index is -4.20. The standard InChI is InChI=1S/C30H34Cl3N3O4S/c1-4-6-18-34-30(38)28(5-2)35(19-25-26(32)8-7-9-27(25)33)29(37)20-36(23-14-10-21(3)11-15-23)41(39,40)24-16-12-22(31)13-17-24/h7-17,28H,4-6,18-20H2,1-3H3,(H,34,38). The van der Waals surface area contributed by atoms with Gasteiger partial charge in [0, 0.05) is 33.7 Å². The third kappa shape index (κ3) is 8.38. The second kappa shape index (κ2) is 14.9. The van der Waals surface area contributed by atoms with Gasteiger partial charge in [0.05, 0.1) is 10.6 Å². The lowest BCUT2D eigenvalue weighted by Gasteiger charge is -2.33. The zero-order valence-electron chi connectivity index (χ0n) is 23.2. The molecule has 0 aliphatic heterocycles. The van der Waals surface area contributed by atoms with Crippen LogP contribution in [0.2, 0.25) is 15.1 Å². The van der Waals surface area contributed by atoms with E-state index in [9.17, 15) is 18.0 Å². The topological polar surface area (TPSA) is 86.8 Å². The fourth-order valence-corrected chi connectivity index (χ4v) is 6.31. The summed E-state index contributed by atoms with van der Waals surface area (Å²) in [5.41, 5.74) is 1.69. The first-order valence-electron chi connectivity index (χ1n) is 13.3. The molecule has 3 aromatic carbocycles. The number of hydrogen-bond acceptors (Lipinski definition) is 4. The van der Waals surface area contributed by atoms with Gasteiger partial charge in [0.25, 0.3) is 10.0 Å². The van der Waals surface area contributed by atoms with Crippen molar-refractivity contribution in [3.63, 3.8) is 0 Å². The summed E-state index contributed by atoms with van der Waals surface area (Å²) in [6.45, 7) is 5.50. The Hall–Kier alpha value is -2.78. The number of halogens is 3. The van der Waals surface area contributed by atoms with E-state index in [2.05, 4.69) is 5.32 Å². The summed E-state index contributed by atoms with van der Waals surface area (Å²) in [5.74, 6) is -0.920. The van der Waals surface area contributed by atoms with Crippen LogP contribution in [-0.2, 0) is 26.2 Å². The SMILES string of the molecule is CCCCNC(=O)C(CC)N(Cc1c(Cl)cccc1Cl)C(=O)CN(c1ccc(C)cc1)S(=O)(=O)c1ccc(Cl)cc1. The van der Waals surface area contributed by atoms with Crippen LogP contribution in [0.15, 0.2) is 71.6 Å². The molecule has 2 amide bonds. The highest BCUT2D eigenvalue weighted by Crippen LogP contribution is 2.29. The largest absolute Gasteiger partial charge is 0.354 e. The van der Waals surface area contributed by atoms with Crippen molar-refractivity contribution in [3.8, 4) is 0 Å². The number of hydrogen-bond donors (Lipinski definition) is 1. The fourth-order valence-electron chi connectivity index (χ4n) is 4.25. The molecule has 0 radical (unpaired) electrons. The van der Waals surface area contributed by atoms with Crippen molar-refractivity contribution in [2.24, 2.45) is 0 Å². The summed E-state index contributed by atoms with van der Waals surface area (Å²) in [6, 6.07) is 16.6. The number of carbonyl (C=O) groups excluding carboxylic acids is 2. The van der Waals surface area contributed by atoms with Crippen molar-refractivity contribution in [2.75, 3.05) is 17.4 Å². The highest BCUT2D eigenvalue weighted by molar-refractivity contribution is 7.92. The third-order valence-electron chi connectivity index (χ3n) is 6.61. The van der Waals surface area contributed by atoms with E-state index in [0.29, 0.717) is 39.3 Å². The number of carbonyl (C=O) groups is 2. The van der Waals surface area contributed by atoms with E-state index in [1.54, 1.807) is 49.4 Å². The molecule has 0 fully saturated rings. The Morgan fingerprint density at radius 1 is 0.902 bits per heavy atom. The third-order valence-corrected chi connectivity index (χ3v) is 9.36. The van der Waals surface area contributed by atoms with Crippen molar-refractivity contribution in [1.82, 2.24) is 10.2 Å². The van der Waals surface area contributed by atoms with Crippen LogP contribution in [0, 0.1) is 6.92 Å². The predicted octanol–water partition coefficient (Wildman–Crippen LogP) is 6.87. The molecule has 1 N–H and O–H groups in total. The first-order valence-corrected chi connectivity index (χ1v) is 15.9. The lowest BCUT2D eigenvalue weighted by Crippen LogP contribution is -2.52. The summed E-state index contributed by atoms with van der Waals surface area (Å²) in [5, 5.41) is 3.94. The maximum atomic E-state index is 14.1. The number of nitrogens with zero attached hydrogens (tertiary/aromatic N) is 2. The molecule has 0 aliphatic rings. The number of benzene rings is 3. The van der Waals surface area contributed by atoms with Crippen molar-refractivity contribution >= 4 is 62.3 Å². The Labute approximate surface area is 257 Å². The molecule has 1 unspecified atom stereocenters. The predicted molar refractivity (Wildman–Crippen MR) is 166 cm³/mol. The summed E-state index contributed by atoms with van der Waals surface area (Å²) < 4.78 is 28.8. The second-order valence-corrected chi connectivity index (χ2v) is 12.7. The van der Waals surface area contributed by atoms with E-state index in [0.717, 1.165) is 22.7 Å². The highest BCUT2D eigenvalue weighted by atomic mass is 35.5. The van der Waals surface area contributed by atoms with E-state index >= 15 is 0 Å². The number of aryl methyl sites for hydroxylation is 1. The van der Waals surface area contributed by atoms with Crippen LogP contribution < -0.4 is 9.62 Å². The second-order valence-electron chi connectivity index (χ2n) is 9.59. The molecule has 3 aromatic rings. The van der Waals surface area contributed by atoms with E-state index in [1.807, 2.05) is 13.8 Å². The number of unbranched alkanes of at least 4 members (excludes halogenated alkanes) is 1. The molecule has 0 aliphatic carbocycles. The van der Waals surface area contributed by atoms with Gasteiger partial charge in [0.15, 0.2) is 0 Å². The minimum Gasteiger partial charge on any atom is -0.354 e. The van der Waals surface area contributed by atoms with Gasteiger partial charge in [-0.15, -0.1) is 0 Å². The molecule has 0 heterocycles. The monoisotopic (exact) mass is 637 g/mol. The fraction of sp³-hybridized carbons (Fsp3) is 0.333. The van der Waals surface area contributed by atoms with Crippen molar-refractivity contribution in [2.45, 2.75) is 57.5 Å². The van der Waals surface area contributed by atoms with Gasteiger partial charge in [-0.25, -0.2) is 8.42 Å². The highest BCUT2D eigenvalue weighted by Gasteiger charge is 2.34. The summed E-state index contributed by atoms with van der Waals surface area (Å²) >= 11 is 18.9. The molecular weight excluding hydrogens is 605 g/mol. The van der Waals surface area contributed by atoms with E-state index in [4.69, 9.17) is 34.8 Å². The van der Waals surface area contributed by atoms with Crippen LogP contribution >= 0.6 is 34.8 Å². The molecule has 3 rings (SSSR count). The maximum Gasteiger partial charge on any atom is 0.264 e. The maximum absolute atomic E-state index is 14.1. The first kappa shape index (κ1) is 32.7. The molecule has 7 nitrogen and oxygen atoms in total. The summed E-state index contributed by atoms with van der Waals surface area (Å²) in [7, 11) is -4.20. The normalized spacial score (nSPS) is 12.0. The van der Waals surface area contributed by atoms with Gasteiger partial charge in [-0.1, -0.05) is 78.8 Å². The minimum absolute atomic E-state index is 0.0275. The van der Waals surface area contributed by atoms with Gasteiger partial charge in [0.2, 0.25) is 11.8 Å². The van der Waals surface area contributed by atoms with Gasteiger partial charge >= 0.3 is 0 Å². The number of anilines is 1. The lowest BCUT2D eigenvalue weighted by atomic mass is 10.1. The summed E-state index contributed by atoms with van der Waals surface area (Å²) in [4.78, 5) is 28.7. The first-order chi connectivity index (χ1) is 19.5. The zero-order chi connectivity index (χ0) is 30.2. The number of amides is 2. The van der Waals surface area contributed by atoms with Gasteiger partial charge in [-0.2, -0.15) is 0 Å². The van der Waals surface area contributed by atoms with Gasteiger partial charge in [-0.05, 0) is 68.3 Å². The molecule has 11 heteroatoms. The van der Waals surface area contributed by atoms with Crippen molar-refractivity contribution < 1.29 is 18.0 Å².